The normalized spacial score (nSPS) is 15.6. The highest BCUT2D eigenvalue weighted by Crippen LogP contribution is 2.47. The molecule has 0 unspecified atom stereocenters. The molecule has 1 heterocycles. The maximum Gasteiger partial charge on any atom is 0.191 e. The van der Waals surface area contributed by atoms with Gasteiger partial charge in [-0.1, -0.05) is 30.3 Å². The summed E-state index contributed by atoms with van der Waals surface area (Å²) in [6.45, 7) is 1.64. The monoisotopic (exact) mass is 337 g/mol. The number of hydrogen-bond acceptors (Lipinski definition) is 3. The van der Waals surface area contributed by atoms with Crippen LogP contribution in [0.1, 0.15) is 24.0 Å². The SMILES string of the molecule is CN=C(NCc1ccnc(N(C)C)c1)NCC1(c2ccccc2)CC1. The summed E-state index contributed by atoms with van der Waals surface area (Å²) in [5.74, 6) is 1.80. The van der Waals surface area contributed by atoms with Crippen molar-refractivity contribution >= 4 is 11.8 Å². The summed E-state index contributed by atoms with van der Waals surface area (Å²) in [6.07, 6.45) is 4.31. The van der Waals surface area contributed by atoms with Gasteiger partial charge >= 0.3 is 0 Å². The molecule has 2 N–H and O–H groups in total. The molecule has 5 nitrogen and oxygen atoms in total. The number of nitrogens with one attached hydrogen (secondary N) is 2. The summed E-state index contributed by atoms with van der Waals surface area (Å²) in [5, 5.41) is 6.89. The second-order valence-corrected chi connectivity index (χ2v) is 6.84. The average Bonchev–Trinajstić information content (AvgIpc) is 3.44. The molecular formula is C20H27N5. The highest BCUT2D eigenvalue weighted by Gasteiger charge is 2.43. The van der Waals surface area contributed by atoms with Crippen molar-refractivity contribution in [1.29, 1.82) is 0 Å². The zero-order valence-corrected chi connectivity index (χ0v) is 15.3. The molecule has 0 radical (unpaired) electrons. The Bertz CT molecular complexity index is 720. The standard InChI is InChI=1S/C20H27N5/c1-21-19(23-14-16-9-12-22-18(13-16)25(2)3)24-15-20(10-11-20)17-7-5-4-6-8-17/h4-9,12-13H,10-11,14-15H2,1-3H3,(H2,21,23,24). The zero-order chi connectivity index (χ0) is 17.7. The van der Waals surface area contributed by atoms with Gasteiger partial charge in [0.25, 0.3) is 0 Å². The van der Waals surface area contributed by atoms with Crippen LogP contribution in [0.5, 0.6) is 0 Å². The second-order valence-electron chi connectivity index (χ2n) is 6.84. The van der Waals surface area contributed by atoms with Gasteiger partial charge in [0.2, 0.25) is 0 Å². The van der Waals surface area contributed by atoms with Crippen LogP contribution in [-0.2, 0) is 12.0 Å². The molecule has 1 aromatic carbocycles. The molecule has 0 atom stereocenters. The van der Waals surface area contributed by atoms with Gasteiger partial charge in [0, 0.05) is 45.8 Å². The third-order valence-electron chi connectivity index (χ3n) is 4.79. The predicted molar refractivity (Wildman–Crippen MR) is 104 cm³/mol. The lowest BCUT2D eigenvalue weighted by Gasteiger charge is -2.19. The van der Waals surface area contributed by atoms with Crippen molar-refractivity contribution in [2.75, 3.05) is 32.6 Å². The van der Waals surface area contributed by atoms with E-state index in [1.54, 1.807) is 0 Å². The van der Waals surface area contributed by atoms with Crippen LogP contribution >= 0.6 is 0 Å². The van der Waals surface area contributed by atoms with Gasteiger partial charge < -0.3 is 15.5 Å². The molecule has 3 rings (SSSR count). The number of nitrogens with zero attached hydrogens (tertiary/aromatic N) is 3. The number of anilines is 1. The minimum absolute atomic E-state index is 0.271. The zero-order valence-electron chi connectivity index (χ0n) is 15.3. The Morgan fingerprint density at radius 3 is 2.56 bits per heavy atom. The Kier molecular flexibility index (Phi) is 5.22. The van der Waals surface area contributed by atoms with E-state index in [1.165, 1.54) is 24.0 Å². The van der Waals surface area contributed by atoms with Crippen LogP contribution < -0.4 is 15.5 Å². The van der Waals surface area contributed by atoms with Gasteiger partial charge in [-0.2, -0.15) is 0 Å². The maximum absolute atomic E-state index is 4.35. The summed E-state index contributed by atoms with van der Waals surface area (Å²) in [7, 11) is 5.81. The van der Waals surface area contributed by atoms with Crippen molar-refractivity contribution < 1.29 is 0 Å². The molecule has 5 heteroatoms. The number of guanidine groups is 1. The van der Waals surface area contributed by atoms with E-state index in [2.05, 4.69) is 57.0 Å². The number of pyridine rings is 1. The topological polar surface area (TPSA) is 52.6 Å². The Hall–Kier alpha value is -2.56. The molecule has 25 heavy (non-hydrogen) atoms. The lowest BCUT2D eigenvalue weighted by molar-refractivity contribution is 0.645. The van der Waals surface area contributed by atoms with E-state index in [4.69, 9.17) is 0 Å². The van der Waals surface area contributed by atoms with Crippen molar-refractivity contribution in [3.63, 3.8) is 0 Å². The summed E-state index contributed by atoms with van der Waals surface area (Å²) < 4.78 is 0. The fourth-order valence-corrected chi connectivity index (χ4v) is 2.98. The third-order valence-corrected chi connectivity index (χ3v) is 4.79. The molecule has 1 aliphatic rings. The lowest BCUT2D eigenvalue weighted by atomic mass is 9.96. The van der Waals surface area contributed by atoms with Crippen LogP contribution in [0, 0.1) is 0 Å². The molecule has 0 bridgehead atoms. The van der Waals surface area contributed by atoms with Crippen molar-refractivity contribution in [3.05, 3.63) is 59.8 Å². The van der Waals surface area contributed by atoms with Gasteiger partial charge in [-0.25, -0.2) is 4.98 Å². The number of aromatic nitrogens is 1. The molecule has 2 aromatic rings. The van der Waals surface area contributed by atoms with Gasteiger partial charge in [0.05, 0.1) is 0 Å². The van der Waals surface area contributed by atoms with Gasteiger partial charge in [-0.05, 0) is 36.1 Å². The summed E-state index contributed by atoms with van der Waals surface area (Å²) in [5.41, 5.74) is 2.88. The van der Waals surface area contributed by atoms with E-state index in [9.17, 15) is 0 Å². The number of rotatable bonds is 6. The van der Waals surface area contributed by atoms with Crippen molar-refractivity contribution in [2.45, 2.75) is 24.8 Å². The smallest absolute Gasteiger partial charge is 0.191 e. The number of aliphatic imine (C=N–C) groups is 1. The van der Waals surface area contributed by atoms with Gasteiger partial charge in [-0.15, -0.1) is 0 Å². The van der Waals surface area contributed by atoms with Crippen molar-refractivity contribution in [2.24, 2.45) is 4.99 Å². The van der Waals surface area contributed by atoms with E-state index in [1.807, 2.05) is 38.3 Å². The highest BCUT2D eigenvalue weighted by molar-refractivity contribution is 5.79. The number of hydrogen-bond donors (Lipinski definition) is 2. The first-order chi connectivity index (χ1) is 12.1. The molecule has 1 fully saturated rings. The average molecular weight is 337 g/mol. The molecule has 0 amide bonds. The van der Waals surface area contributed by atoms with Gasteiger partial charge in [0.1, 0.15) is 5.82 Å². The molecular weight excluding hydrogens is 310 g/mol. The van der Waals surface area contributed by atoms with Gasteiger partial charge in [-0.3, -0.25) is 4.99 Å². The molecule has 1 aromatic heterocycles. The minimum atomic E-state index is 0.271. The van der Waals surface area contributed by atoms with Crippen LogP contribution in [0.3, 0.4) is 0 Å². The van der Waals surface area contributed by atoms with Crippen LogP contribution in [-0.4, -0.2) is 38.6 Å². The maximum atomic E-state index is 4.35. The van der Waals surface area contributed by atoms with Crippen LogP contribution in [0.15, 0.2) is 53.7 Å². The molecule has 1 aliphatic carbocycles. The summed E-state index contributed by atoms with van der Waals surface area (Å²) in [4.78, 5) is 10.7. The minimum Gasteiger partial charge on any atom is -0.363 e. The first-order valence-corrected chi connectivity index (χ1v) is 8.75. The Morgan fingerprint density at radius 2 is 1.92 bits per heavy atom. The largest absolute Gasteiger partial charge is 0.363 e. The quantitative estimate of drug-likeness (QED) is 0.628. The Morgan fingerprint density at radius 1 is 1.16 bits per heavy atom. The fourth-order valence-electron chi connectivity index (χ4n) is 2.98. The predicted octanol–water partition coefficient (Wildman–Crippen LogP) is 2.54. The molecule has 0 spiro atoms. The van der Waals surface area contributed by atoms with E-state index in [-0.39, 0.29) is 5.41 Å². The number of benzene rings is 1. The van der Waals surface area contributed by atoms with E-state index < -0.39 is 0 Å². The highest BCUT2D eigenvalue weighted by atomic mass is 15.2. The third kappa shape index (κ3) is 4.29. The lowest BCUT2D eigenvalue weighted by Crippen LogP contribution is -2.40. The molecule has 1 saturated carbocycles. The fraction of sp³-hybridized carbons (Fsp3) is 0.400. The van der Waals surface area contributed by atoms with Crippen molar-refractivity contribution in [1.82, 2.24) is 15.6 Å². The van der Waals surface area contributed by atoms with E-state index in [0.717, 1.165) is 24.9 Å². The Balaban J connectivity index is 1.55. The summed E-state index contributed by atoms with van der Waals surface area (Å²) >= 11 is 0. The van der Waals surface area contributed by atoms with E-state index in [0.29, 0.717) is 0 Å². The van der Waals surface area contributed by atoms with Crippen molar-refractivity contribution in [3.8, 4) is 0 Å². The first-order valence-electron chi connectivity index (χ1n) is 8.75. The van der Waals surface area contributed by atoms with E-state index >= 15 is 0 Å². The Labute approximate surface area is 150 Å². The van der Waals surface area contributed by atoms with Crippen LogP contribution in [0.4, 0.5) is 5.82 Å². The molecule has 0 saturated heterocycles. The van der Waals surface area contributed by atoms with Gasteiger partial charge in [0.15, 0.2) is 5.96 Å². The second kappa shape index (κ2) is 7.55. The van der Waals surface area contributed by atoms with Crippen LogP contribution in [0.2, 0.25) is 0 Å². The summed E-state index contributed by atoms with van der Waals surface area (Å²) in [6, 6.07) is 14.9. The first kappa shape index (κ1) is 17.3. The molecule has 132 valence electrons. The molecule has 0 aliphatic heterocycles. The van der Waals surface area contributed by atoms with Crippen LogP contribution in [0.25, 0.3) is 0 Å².